The van der Waals surface area contributed by atoms with E-state index in [1.807, 2.05) is 24.3 Å². The van der Waals surface area contributed by atoms with Crippen LogP contribution in [0.2, 0.25) is 0 Å². The van der Waals surface area contributed by atoms with Crippen LogP contribution in [0.25, 0.3) is 10.8 Å². The Labute approximate surface area is 186 Å². The van der Waals surface area contributed by atoms with Crippen LogP contribution in [0.3, 0.4) is 0 Å². The smallest absolute Gasteiger partial charge is 0.405 e. The molecule has 0 bridgehead atoms. The average molecular weight is 440 g/mol. The SMILES string of the molecule is NC(=O)O[C@@H](C(=O)N1CC[C@H]1C(=O)NCc1ccc2c(N)nccc2c1)C1CCCCC1. The number of nitrogen functional groups attached to an aromatic ring is 1. The predicted octanol–water partition coefficient (Wildman–Crippen LogP) is 2.08. The lowest BCUT2D eigenvalue weighted by Crippen LogP contribution is -2.61. The zero-order chi connectivity index (χ0) is 22.7. The lowest BCUT2D eigenvalue weighted by atomic mass is 9.84. The average Bonchev–Trinajstić information content (AvgIpc) is 2.76. The molecule has 0 radical (unpaired) electrons. The molecule has 1 saturated carbocycles. The maximum Gasteiger partial charge on any atom is 0.405 e. The molecule has 2 atom stereocenters. The lowest BCUT2D eigenvalue weighted by Gasteiger charge is -2.42. The number of nitrogens with one attached hydrogen (secondary N) is 1. The summed E-state index contributed by atoms with van der Waals surface area (Å²) in [5.41, 5.74) is 12.0. The third-order valence-electron chi connectivity index (χ3n) is 6.50. The summed E-state index contributed by atoms with van der Waals surface area (Å²) >= 11 is 0. The van der Waals surface area contributed by atoms with E-state index in [1.54, 1.807) is 6.20 Å². The first-order valence-corrected chi connectivity index (χ1v) is 11.1. The first kappa shape index (κ1) is 21.9. The minimum Gasteiger partial charge on any atom is -0.436 e. The summed E-state index contributed by atoms with van der Waals surface area (Å²) in [6.45, 7) is 0.796. The Morgan fingerprint density at radius 2 is 1.94 bits per heavy atom. The number of pyridine rings is 1. The molecule has 5 N–H and O–H groups in total. The van der Waals surface area contributed by atoms with E-state index in [9.17, 15) is 14.4 Å². The molecule has 1 aromatic heterocycles. The van der Waals surface area contributed by atoms with Gasteiger partial charge in [0.05, 0.1) is 0 Å². The fourth-order valence-electron chi connectivity index (χ4n) is 4.67. The van der Waals surface area contributed by atoms with Gasteiger partial charge in [-0.15, -0.1) is 0 Å². The number of primary amides is 1. The number of nitrogens with zero attached hydrogens (tertiary/aromatic N) is 2. The number of nitrogens with two attached hydrogens (primary N) is 2. The van der Waals surface area contributed by atoms with E-state index in [2.05, 4.69) is 10.3 Å². The second-order valence-electron chi connectivity index (χ2n) is 8.56. The highest BCUT2D eigenvalue weighted by Crippen LogP contribution is 2.31. The molecule has 9 heteroatoms. The van der Waals surface area contributed by atoms with Gasteiger partial charge in [-0.3, -0.25) is 9.59 Å². The molecule has 1 aromatic carbocycles. The molecule has 9 nitrogen and oxygen atoms in total. The van der Waals surface area contributed by atoms with Gasteiger partial charge in [-0.25, -0.2) is 9.78 Å². The number of anilines is 1. The second kappa shape index (κ2) is 9.42. The van der Waals surface area contributed by atoms with Gasteiger partial charge in [-0.1, -0.05) is 31.4 Å². The highest BCUT2D eigenvalue weighted by atomic mass is 16.6. The Morgan fingerprint density at radius 3 is 2.62 bits per heavy atom. The fraction of sp³-hybridized carbons (Fsp3) is 0.478. The van der Waals surface area contributed by atoms with Crippen molar-refractivity contribution in [2.24, 2.45) is 11.7 Å². The predicted molar refractivity (Wildman–Crippen MR) is 119 cm³/mol. The molecule has 2 fully saturated rings. The normalized spacial score (nSPS) is 19.8. The summed E-state index contributed by atoms with van der Waals surface area (Å²) in [4.78, 5) is 42.9. The van der Waals surface area contributed by atoms with Gasteiger partial charge in [0.25, 0.3) is 5.91 Å². The highest BCUT2D eigenvalue weighted by molar-refractivity contribution is 5.93. The van der Waals surface area contributed by atoms with Crippen molar-refractivity contribution < 1.29 is 19.1 Å². The van der Waals surface area contributed by atoms with Crippen molar-refractivity contribution in [1.82, 2.24) is 15.2 Å². The first-order chi connectivity index (χ1) is 15.4. The standard InChI is InChI=1S/C23H29N5O4/c24-20-17-7-6-14(12-16(17)8-10-26-20)13-27-21(29)18-9-11-28(18)22(30)19(32-23(25)31)15-4-2-1-3-5-15/h6-8,10,12,15,18-19H,1-5,9,11,13H2,(H2,24,26)(H2,25,31)(H,27,29)/t18-,19+/m0/s1. The van der Waals surface area contributed by atoms with E-state index in [1.165, 1.54) is 4.90 Å². The molecule has 3 amide bonds. The van der Waals surface area contributed by atoms with Gasteiger partial charge < -0.3 is 26.4 Å². The lowest BCUT2D eigenvalue weighted by molar-refractivity contribution is -0.157. The number of likely N-dealkylation sites (tertiary alicyclic amines) is 1. The molecule has 2 aliphatic rings. The van der Waals surface area contributed by atoms with Crippen molar-refractivity contribution in [2.75, 3.05) is 12.3 Å². The van der Waals surface area contributed by atoms with Crippen molar-refractivity contribution in [1.29, 1.82) is 0 Å². The summed E-state index contributed by atoms with van der Waals surface area (Å²) in [6, 6.07) is 7.04. The molecule has 0 unspecified atom stereocenters. The minimum absolute atomic E-state index is 0.0485. The van der Waals surface area contributed by atoms with Crippen LogP contribution in [0.5, 0.6) is 0 Å². The summed E-state index contributed by atoms with van der Waals surface area (Å²) in [6.07, 6.45) is 5.08. The van der Waals surface area contributed by atoms with E-state index >= 15 is 0 Å². The van der Waals surface area contributed by atoms with Gasteiger partial charge in [0.1, 0.15) is 11.9 Å². The van der Waals surface area contributed by atoms with Crippen molar-refractivity contribution >= 4 is 34.5 Å². The van der Waals surface area contributed by atoms with Crippen molar-refractivity contribution in [3.8, 4) is 0 Å². The van der Waals surface area contributed by atoms with Crippen LogP contribution in [0, 0.1) is 5.92 Å². The zero-order valence-corrected chi connectivity index (χ0v) is 18.0. The summed E-state index contributed by atoms with van der Waals surface area (Å²) in [5.74, 6) is -0.129. The monoisotopic (exact) mass is 439 g/mol. The van der Waals surface area contributed by atoms with E-state index in [0.717, 1.165) is 48.4 Å². The largest absolute Gasteiger partial charge is 0.436 e. The number of hydrogen-bond donors (Lipinski definition) is 3. The molecular weight excluding hydrogens is 410 g/mol. The number of benzene rings is 1. The van der Waals surface area contributed by atoms with Crippen LogP contribution in [0.15, 0.2) is 30.5 Å². The molecule has 1 aliphatic heterocycles. The number of rotatable bonds is 6. The second-order valence-corrected chi connectivity index (χ2v) is 8.56. The quantitative estimate of drug-likeness (QED) is 0.629. The molecular formula is C23H29N5O4. The first-order valence-electron chi connectivity index (χ1n) is 11.1. The van der Waals surface area contributed by atoms with Crippen LogP contribution in [0.4, 0.5) is 10.6 Å². The zero-order valence-electron chi connectivity index (χ0n) is 18.0. The van der Waals surface area contributed by atoms with Gasteiger partial charge in [-0.05, 0) is 42.3 Å². The minimum atomic E-state index is -0.956. The van der Waals surface area contributed by atoms with Crippen LogP contribution in [0.1, 0.15) is 44.1 Å². The third kappa shape index (κ3) is 4.61. The van der Waals surface area contributed by atoms with Gasteiger partial charge in [-0.2, -0.15) is 0 Å². The van der Waals surface area contributed by atoms with Crippen LogP contribution >= 0.6 is 0 Å². The fourth-order valence-corrected chi connectivity index (χ4v) is 4.67. The Balaban J connectivity index is 1.38. The molecule has 1 saturated heterocycles. The summed E-state index contributed by atoms with van der Waals surface area (Å²) in [7, 11) is 0. The Kier molecular flexibility index (Phi) is 6.43. The van der Waals surface area contributed by atoms with E-state index in [-0.39, 0.29) is 17.7 Å². The van der Waals surface area contributed by atoms with Crippen molar-refractivity contribution in [3.63, 3.8) is 0 Å². The van der Waals surface area contributed by atoms with Crippen LogP contribution in [-0.4, -0.2) is 46.5 Å². The molecule has 32 heavy (non-hydrogen) atoms. The van der Waals surface area contributed by atoms with Gasteiger partial charge in [0.15, 0.2) is 6.10 Å². The molecule has 2 heterocycles. The maximum atomic E-state index is 13.1. The Morgan fingerprint density at radius 1 is 1.16 bits per heavy atom. The van der Waals surface area contributed by atoms with Crippen LogP contribution in [-0.2, 0) is 20.9 Å². The number of hydrogen-bond acceptors (Lipinski definition) is 6. The number of amides is 3. The van der Waals surface area contributed by atoms with Gasteiger partial charge in [0.2, 0.25) is 5.91 Å². The molecule has 2 aromatic rings. The van der Waals surface area contributed by atoms with E-state index in [0.29, 0.717) is 25.3 Å². The topological polar surface area (TPSA) is 141 Å². The Bertz CT molecular complexity index is 1020. The van der Waals surface area contributed by atoms with E-state index < -0.39 is 18.2 Å². The summed E-state index contributed by atoms with van der Waals surface area (Å²) < 4.78 is 5.22. The number of ether oxygens (including phenoxy) is 1. The molecule has 1 aliphatic carbocycles. The number of carbonyl (C=O) groups is 3. The van der Waals surface area contributed by atoms with Crippen LogP contribution < -0.4 is 16.8 Å². The maximum absolute atomic E-state index is 13.1. The van der Waals surface area contributed by atoms with Gasteiger partial charge >= 0.3 is 6.09 Å². The Hall–Kier alpha value is -3.36. The number of aromatic nitrogens is 1. The van der Waals surface area contributed by atoms with Crippen molar-refractivity contribution in [3.05, 3.63) is 36.0 Å². The number of carbonyl (C=O) groups excluding carboxylic acids is 3. The molecule has 170 valence electrons. The van der Waals surface area contributed by atoms with Crippen molar-refractivity contribution in [2.45, 2.75) is 57.2 Å². The third-order valence-corrected chi connectivity index (χ3v) is 6.50. The van der Waals surface area contributed by atoms with Gasteiger partial charge in [0, 0.05) is 30.6 Å². The van der Waals surface area contributed by atoms with E-state index in [4.69, 9.17) is 16.2 Å². The summed E-state index contributed by atoms with van der Waals surface area (Å²) in [5, 5.41) is 4.72. The highest BCUT2D eigenvalue weighted by Gasteiger charge is 2.43. The molecule has 0 spiro atoms. The number of fused-ring (bicyclic) bond motifs is 1. The molecule has 4 rings (SSSR count).